The van der Waals surface area contributed by atoms with Crippen molar-refractivity contribution in [1.29, 1.82) is 0 Å². The minimum atomic E-state index is 0.634. The van der Waals surface area contributed by atoms with E-state index in [1.165, 1.54) is 38.9 Å². The van der Waals surface area contributed by atoms with Crippen molar-refractivity contribution in [3.63, 3.8) is 0 Å². The molecule has 5 nitrogen and oxygen atoms in total. The zero-order valence-electron chi connectivity index (χ0n) is 39.1. The summed E-state index contributed by atoms with van der Waals surface area (Å²) in [5.41, 5.74) is 21.7. The van der Waals surface area contributed by atoms with Crippen molar-refractivity contribution < 1.29 is 4.42 Å². The molecule has 0 radical (unpaired) electrons. The van der Waals surface area contributed by atoms with Crippen LogP contribution in [0.4, 0.5) is 0 Å². The molecule has 0 spiro atoms. The molecule has 338 valence electrons. The summed E-state index contributed by atoms with van der Waals surface area (Å²) in [5.74, 6) is 0. The highest BCUT2D eigenvalue weighted by Crippen LogP contribution is 2.41. The summed E-state index contributed by atoms with van der Waals surface area (Å²) >= 11 is 0. The Morgan fingerprint density at radius 1 is 0.282 bits per heavy atom. The molecule has 5 heteroatoms. The van der Waals surface area contributed by atoms with Crippen molar-refractivity contribution in [2.24, 2.45) is 0 Å². The molecular weight excluding hydrogens is 865 g/mol. The molecule has 5 heterocycles. The molecule has 0 saturated heterocycles. The van der Waals surface area contributed by atoms with E-state index in [1.807, 2.05) is 36.7 Å². The summed E-state index contributed by atoms with van der Waals surface area (Å²) in [5, 5.41) is 2.01. The van der Waals surface area contributed by atoms with E-state index >= 15 is 0 Å². The van der Waals surface area contributed by atoms with E-state index < -0.39 is 0 Å². The zero-order valence-corrected chi connectivity index (χ0v) is 39.1. The Bertz CT molecular complexity index is 3670. The first-order valence-corrected chi connectivity index (χ1v) is 24.3. The lowest BCUT2D eigenvalue weighted by Crippen LogP contribution is -1.99. The number of hydrogen-bond donors (Lipinski definition) is 0. The van der Waals surface area contributed by atoms with Gasteiger partial charge < -0.3 is 4.42 Å². The number of furan rings is 1. The number of pyridine rings is 4. The van der Waals surface area contributed by atoms with E-state index in [0.717, 1.165) is 104 Å². The van der Waals surface area contributed by atoms with Crippen LogP contribution >= 0.6 is 0 Å². The second kappa shape index (κ2) is 19.5. The number of aromatic nitrogens is 4. The van der Waals surface area contributed by atoms with E-state index in [4.69, 9.17) is 19.4 Å². The number of fused-ring (bicyclic) bond motifs is 3. The second-order valence-corrected chi connectivity index (χ2v) is 18.1. The second-order valence-electron chi connectivity index (χ2n) is 18.1. The van der Waals surface area contributed by atoms with Gasteiger partial charge in [0.15, 0.2) is 0 Å². The maximum Gasteiger partial charge on any atom is 0.227 e. The van der Waals surface area contributed by atoms with Crippen molar-refractivity contribution in [1.82, 2.24) is 19.9 Å². The van der Waals surface area contributed by atoms with E-state index in [9.17, 15) is 0 Å². The van der Waals surface area contributed by atoms with E-state index in [0.29, 0.717) is 5.71 Å². The third kappa shape index (κ3) is 9.29. The van der Waals surface area contributed by atoms with Crippen LogP contribution in [-0.2, 0) is 25.7 Å². The minimum Gasteiger partial charge on any atom is -0.438 e. The molecule has 5 aromatic heterocycles. The Labute approximate surface area is 413 Å². The predicted octanol–water partition coefficient (Wildman–Crippen LogP) is 16.4. The first-order chi connectivity index (χ1) is 35.1. The standard InChI is InChI=1S/C66H48N4O/c1-4-13-49(14-5-1)50-28-30-51(31-29-50)59-41-64(54-32-35-65-60(40-54)58-21-12-36-67-66(58)71-65)70-44-61(59)57-20-11-10-19-56(57)55-38-47(24-22-45-26-33-62(68-42-45)52-15-6-2-7-16-52)37-48(39-55)25-23-46-27-34-63(69-43-46)53-17-8-3-9-18-53/h1-21,26-44H,22-25H2. The molecule has 0 saturated carbocycles. The highest BCUT2D eigenvalue weighted by molar-refractivity contribution is 6.05. The van der Waals surface area contributed by atoms with Gasteiger partial charge in [-0.05, 0) is 135 Å². The van der Waals surface area contributed by atoms with Crippen LogP contribution in [0, 0.1) is 0 Å². The smallest absolute Gasteiger partial charge is 0.227 e. The van der Waals surface area contributed by atoms with Gasteiger partial charge in [-0.15, -0.1) is 0 Å². The van der Waals surface area contributed by atoms with Crippen LogP contribution in [-0.4, -0.2) is 19.9 Å². The number of benzene rings is 7. The van der Waals surface area contributed by atoms with Gasteiger partial charge in [-0.3, -0.25) is 15.0 Å². The van der Waals surface area contributed by atoms with E-state index in [-0.39, 0.29) is 0 Å². The molecule has 0 bridgehead atoms. The lowest BCUT2D eigenvalue weighted by atomic mass is 9.87. The molecule has 0 atom stereocenters. The molecule has 0 N–H and O–H groups in total. The molecule has 12 rings (SSSR count). The zero-order chi connectivity index (χ0) is 47.3. The van der Waals surface area contributed by atoms with E-state index in [2.05, 4.69) is 205 Å². The Morgan fingerprint density at radius 2 is 0.817 bits per heavy atom. The summed E-state index contributed by atoms with van der Waals surface area (Å²) in [6, 6.07) is 77.5. The molecular formula is C66H48N4O. The molecule has 7 aromatic carbocycles. The van der Waals surface area contributed by atoms with Gasteiger partial charge in [-0.1, -0.05) is 170 Å². The summed E-state index contributed by atoms with van der Waals surface area (Å²) in [6.07, 6.45) is 11.4. The fourth-order valence-corrected chi connectivity index (χ4v) is 9.77. The lowest BCUT2D eigenvalue weighted by Gasteiger charge is -2.18. The first kappa shape index (κ1) is 43.2. The third-order valence-electron chi connectivity index (χ3n) is 13.5. The fourth-order valence-electron chi connectivity index (χ4n) is 9.77. The van der Waals surface area contributed by atoms with Gasteiger partial charge in [-0.25, -0.2) is 4.98 Å². The highest BCUT2D eigenvalue weighted by Gasteiger charge is 2.18. The van der Waals surface area contributed by atoms with Gasteiger partial charge in [0, 0.05) is 57.8 Å². The number of nitrogens with zero attached hydrogens (tertiary/aromatic N) is 4. The minimum absolute atomic E-state index is 0.634. The molecule has 71 heavy (non-hydrogen) atoms. The summed E-state index contributed by atoms with van der Waals surface area (Å²) < 4.78 is 6.11. The van der Waals surface area contributed by atoms with Gasteiger partial charge in [0.25, 0.3) is 0 Å². The van der Waals surface area contributed by atoms with Crippen molar-refractivity contribution >= 4 is 22.1 Å². The van der Waals surface area contributed by atoms with Gasteiger partial charge in [-0.2, -0.15) is 0 Å². The normalized spacial score (nSPS) is 11.3. The van der Waals surface area contributed by atoms with Gasteiger partial charge in [0.05, 0.1) is 17.1 Å². The third-order valence-corrected chi connectivity index (χ3v) is 13.5. The largest absolute Gasteiger partial charge is 0.438 e. The Kier molecular flexibility index (Phi) is 11.9. The van der Waals surface area contributed by atoms with Crippen molar-refractivity contribution in [3.05, 3.63) is 265 Å². The van der Waals surface area contributed by atoms with Gasteiger partial charge >= 0.3 is 0 Å². The summed E-state index contributed by atoms with van der Waals surface area (Å²) in [7, 11) is 0. The van der Waals surface area contributed by atoms with Gasteiger partial charge in [0.2, 0.25) is 5.71 Å². The number of hydrogen-bond acceptors (Lipinski definition) is 5. The quantitative estimate of drug-likeness (QED) is 0.115. The molecule has 0 aliphatic rings. The molecule has 0 aliphatic heterocycles. The van der Waals surface area contributed by atoms with Crippen LogP contribution in [0.5, 0.6) is 0 Å². The van der Waals surface area contributed by atoms with Crippen LogP contribution in [0.25, 0.3) is 100 Å². The topological polar surface area (TPSA) is 64.7 Å². The van der Waals surface area contributed by atoms with E-state index in [1.54, 1.807) is 6.20 Å². The van der Waals surface area contributed by atoms with Crippen LogP contribution in [0.1, 0.15) is 22.3 Å². The van der Waals surface area contributed by atoms with Crippen LogP contribution in [0.2, 0.25) is 0 Å². The van der Waals surface area contributed by atoms with Crippen LogP contribution in [0.3, 0.4) is 0 Å². The molecule has 12 aromatic rings. The summed E-state index contributed by atoms with van der Waals surface area (Å²) in [6.45, 7) is 0. The predicted molar refractivity (Wildman–Crippen MR) is 291 cm³/mol. The maximum atomic E-state index is 6.11. The average molecular weight is 913 g/mol. The van der Waals surface area contributed by atoms with Gasteiger partial charge in [0.1, 0.15) is 5.58 Å². The van der Waals surface area contributed by atoms with Crippen LogP contribution in [0.15, 0.2) is 248 Å². The Hall–Kier alpha value is -9.06. The monoisotopic (exact) mass is 912 g/mol. The van der Waals surface area contributed by atoms with Crippen molar-refractivity contribution in [2.75, 3.05) is 0 Å². The van der Waals surface area contributed by atoms with Crippen molar-refractivity contribution in [2.45, 2.75) is 25.7 Å². The Morgan fingerprint density at radius 3 is 1.44 bits per heavy atom. The SMILES string of the molecule is c1ccc(-c2ccc(-c3cc(-c4ccc5oc6ncccc6c5c4)ncc3-c3ccccc3-c3cc(CCc4ccc(-c5ccccc5)nc4)cc(CCc4ccc(-c5ccccc5)nc4)c3)cc2)cc1. The number of rotatable bonds is 13. The molecule has 0 amide bonds. The van der Waals surface area contributed by atoms with Crippen LogP contribution < -0.4 is 0 Å². The molecule has 0 aliphatic carbocycles. The molecule has 0 fully saturated rings. The Balaban J connectivity index is 0.927. The average Bonchev–Trinajstić information content (AvgIpc) is 3.83. The first-order valence-electron chi connectivity index (χ1n) is 24.3. The summed E-state index contributed by atoms with van der Waals surface area (Å²) in [4.78, 5) is 19.4. The number of aryl methyl sites for hydroxylation is 4. The van der Waals surface area contributed by atoms with Crippen molar-refractivity contribution in [3.8, 4) is 78.3 Å². The lowest BCUT2D eigenvalue weighted by molar-refractivity contribution is 0.654. The molecule has 0 unspecified atom stereocenters. The fraction of sp³-hybridized carbons (Fsp3) is 0.0606. The highest BCUT2D eigenvalue weighted by atomic mass is 16.3. The maximum absolute atomic E-state index is 6.11.